The lowest BCUT2D eigenvalue weighted by Gasteiger charge is -2.07. The first-order chi connectivity index (χ1) is 9.54. The number of rotatable bonds is 3. The number of benzene rings is 1. The van der Waals surface area contributed by atoms with Crippen molar-refractivity contribution in [1.29, 1.82) is 0 Å². The fourth-order valence-electron chi connectivity index (χ4n) is 1.48. The van der Waals surface area contributed by atoms with E-state index in [4.69, 9.17) is 10.2 Å². The van der Waals surface area contributed by atoms with Crippen molar-refractivity contribution in [3.8, 4) is 0 Å². The molecule has 0 amide bonds. The van der Waals surface area contributed by atoms with Crippen LogP contribution in [-0.4, -0.2) is 22.4 Å². The fraction of sp³-hybridized carbons (Fsp3) is 0.308. The Morgan fingerprint density at radius 3 is 2.05 bits per heavy atom. The highest BCUT2D eigenvalue weighted by molar-refractivity contribution is 5.86. The first-order valence-corrected chi connectivity index (χ1v) is 5.77. The minimum absolute atomic E-state index is 0.229. The Morgan fingerprint density at radius 1 is 1.05 bits per heavy atom. The lowest BCUT2D eigenvalue weighted by Crippen LogP contribution is -2.16. The van der Waals surface area contributed by atoms with Gasteiger partial charge in [-0.2, -0.15) is 13.2 Å². The highest BCUT2D eigenvalue weighted by Crippen LogP contribution is 2.28. The molecule has 0 bridgehead atoms. The number of carbonyl (C=O) groups is 1. The third-order valence-corrected chi connectivity index (χ3v) is 2.77. The SMILES string of the molecule is Cc1cc(C)c(N=N/C(C(=O)O)=C(\O)C(F)(F)F)cc1C. The molecule has 114 valence electrons. The van der Waals surface area contributed by atoms with Crippen molar-refractivity contribution in [3.63, 3.8) is 0 Å². The van der Waals surface area contributed by atoms with Crippen LogP contribution in [0.2, 0.25) is 0 Å². The molecule has 5 nitrogen and oxygen atoms in total. The zero-order valence-electron chi connectivity index (χ0n) is 11.5. The summed E-state index contributed by atoms with van der Waals surface area (Å²) >= 11 is 0. The lowest BCUT2D eigenvalue weighted by molar-refractivity contribution is -0.138. The van der Waals surface area contributed by atoms with Gasteiger partial charge < -0.3 is 10.2 Å². The van der Waals surface area contributed by atoms with Crippen LogP contribution in [0.4, 0.5) is 18.9 Å². The van der Waals surface area contributed by atoms with Crippen molar-refractivity contribution in [2.24, 2.45) is 10.2 Å². The van der Waals surface area contributed by atoms with Crippen LogP contribution in [0.5, 0.6) is 0 Å². The Labute approximate surface area is 118 Å². The van der Waals surface area contributed by atoms with E-state index in [2.05, 4.69) is 10.2 Å². The maximum Gasteiger partial charge on any atom is 0.451 e. The van der Waals surface area contributed by atoms with Crippen LogP contribution in [0.1, 0.15) is 16.7 Å². The van der Waals surface area contributed by atoms with E-state index in [0.717, 1.165) is 11.1 Å². The normalized spacial score (nSPS) is 13.4. The van der Waals surface area contributed by atoms with Crippen LogP contribution in [0.25, 0.3) is 0 Å². The first-order valence-electron chi connectivity index (χ1n) is 5.77. The van der Waals surface area contributed by atoms with E-state index in [0.29, 0.717) is 5.56 Å². The largest absolute Gasteiger partial charge is 0.502 e. The minimum atomic E-state index is -5.20. The average Bonchev–Trinajstić information content (AvgIpc) is 2.33. The zero-order chi connectivity index (χ0) is 16.4. The van der Waals surface area contributed by atoms with Gasteiger partial charge in [-0.1, -0.05) is 6.07 Å². The maximum atomic E-state index is 12.3. The number of aliphatic hydroxyl groups is 1. The third kappa shape index (κ3) is 4.04. The molecular weight excluding hydrogens is 289 g/mol. The van der Waals surface area contributed by atoms with Crippen LogP contribution in [0.15, 0.2) is 33.8 Å². The fourth-order valence-corrected chi connectivity index (χ4v) is 1.48. The van der Waals surface area contributed by atoms with Crippen molar-refractivity contribution in [2.75, 3.05) is 0 Å². The van der Waals surface area contributed by atoms with Crippen LogP contribution in [0, 0.1) is 20.8 Å². The Bertz CT molecular complexity index is 634. The molecule has 0 atom stereocenters. The number of nitrogens with zero attached hydrogens (tertiary/aromatic N) is 2. The topological polar surface area (TPSA) is 82.2 Å². The van der Waals surface area contributed by atoms with Gasteiger partial charge in [0.2, 0.25) is 11.5 Å². The third-order valence-electron chi connectivity index (χ3n) is 2.77. The van der Waals surface area contributed by atoms with E-state index in [1.54, 1.807) is 26.0 Å². The summed E-state index contributed by atoms with van der Waals surface area (Å²) in [6, 6.07) is 3.32. The molecule has 0 aliphatic rings. The highest BCUT2D eigenvalue weighted by atomic mass is 19.4. The monoisotopic (exact) mass is 302 g/mol. The molecule has 0 spiro atoms. The molecule has 21 heavy (non-hydrogen) atoms. The van der Waals surface area contributed by atoms with E-state index >= 15 is 0 Å². The summed E-state index contributed by atoms with van der Waals surface area (Å²) in [6.45, 7) is 5.28. The number of allylic oxidation sites excluding steroid dienone is 1. The van der Waals surface area contributed by atoms with Crippen LogP contribution >= 0.6 is 0 Å². The average molecular weight is 302 g/mol. The van der Waals surface area contributed by atoms with Crippen LogP contribution < -0.4 is 0 Å². The van der Waals surface area contributed by atoms with Gasteiger partial charge in [-0.05, 0) is 43.5 Å². The predicted octanol–water partition coefficient (Wildman–Crippen LogP) is 4.11. The second-order valence-corrected chi connectivity index (χ2v) is 4.42. The second kappa shape index (κ2) is 5.94. The van der Waals surface area contributed by atoms with Crippen molar-refractivity contribution >= 4 is 11.7 Å². The van der Waals surface area contributed by atoms with Crippen molar-refractivity contribution in [3.05, 3.63) is 40.3 Å². The molecule has 0 heterocycles. The number of halogens is 3. The zero-order valence-corrected chi connectivity index (χ0v) is 11.5. The highest BCUT2D eigenvalue weighted by Gasteiger charge is 2.39. The summed E-state index contributed by atoms with van der Waals surface area (Å²) in [6.07, 6.45) is -5.20. The van der Waals surface area contributed by atoms with Gasteiger partial charge >= 0.3 is 12.1 Å². The quantitative estimate of drug-likeness (QED) is 0.500. The van der Waals surface area contributed by atoms with Gasteiger partial charge in [-0.3, -0.25) is 0 Å². The summed E-state index contributed by atoms with van der Waals surface area (Å²) in [7, 11) is 0. The molecular formula is C13H13F3N2O3. The number of alkyl halides is 3. The molecule has 0 aliphatic carbocycles. The van der Waals surface area contributed by atoms with E-state index < -0.39 is 23.6 Å². The van der Waals surface area contributed by atoms with E-state index in [1.165, 1.54) is 0 Å². The summed E-state index contributed by atoms with van der Waals surface area (Å²) in [5.74, 6) is -4.31. The van der Waals surface area contributed by atoms with Gasteiger partial charge in [0, 0.05) is 0 Å². The van der Waals surface area contributed by atoms with Gasteiger partial charge in [-0.25, -0.2) is 4.79 Å². The molecule has 1 aromatic rings. The Morgan fingerprint density at radius 2 is 1.57 bits per heavy atom. The number of carboxylic acid groups (broad SMARTS) is 1. The Balaban J connectivity index is 3.29. The summed E-state index contributed by atoms with van der Waals surface area (Å²) in [5.41, 5.74) is 1.08. The molecule has 2 N–H and O–H groups in total. The molecule has 8 heteroatoms. The van der Waals surface area contributed by atoms with Crippen molar-refractivity contribution < 1.29 is 28.2 Å². The lowest BCUT2D eigenvalue weighted by atomic mass is 10.1. The molecule has 0 fully saturated rings. The Kier molecular flexibility index (Phi) is 4.72. The number of aliphatic hydroxyl groups excluding tert-OH is 1. The molecule has 0 saturated carbocycles. The number of aryl methyl sites for hydroxylation is 3. The number of azo groups is 1. The standard InChI is InChI=1S/C13H13F3N2O3/c1-6-4-8(3)9(5-7(6)2)17-18-10(12(20)21)11(19)13(14,15)16/h4-5,19H,1-3H3,(H,20,21)/b11-10-,18-17?. The number of carboxylic acids is 1. The minimum Gasteiger partial charge on any atom is -0.502 e. The first kappa shape index (κ1) is 16.7. The van der Waals surface area contributed by atoms with E-state index in [-0.39, 0.29) is 5.69 Å². The number of aliphatic carboxylic acids is 1. The summed E-state index contributed by atoms with van der Waals surface area (Å²) < 4.78 is 36.9. The molecule has 1 rings (SSSR count). The summed E-state index contributed by atoms with van der Waals surface area (Å²) in [5, 5.41) is 24.1. The molecule has 0 unspecified atom stereocenters. The molecule has 0 radical (unpaired) electrons. The van der Waals surface area contributed by atoms with Crippen molar-refractivity contribution in [2.45, 2.75) is 26.9 Å². The second-order valence-electron chi connectivity index (χ2n) is 4.42. The van der Waals surface area contributed by atoms with Gasteiger partial charge in [0.15, 0.2) is 0 Å². The van der Waals surface area contributed by atoms with Gasteiger partial charge in [-0.15, -0.1) is 10.2 Å². The van der Waals surface area contributed by atoms with Gasteiger partial charge in [0.1, 0.15) is 0 Å². The summed E-state index contributed by atoms with van der Waals surface area (Å²) in [4.78, 5) is 10.7. The van der Waals surface area contributed by atoms with Gasteiger partial charge in [0.05, 0.1) is 5.69 Å². The molecule has 0 aromatic heterocycles. The van der Waals surface area contributed by atoms with Crippen molar-refractivity contribution in [1.82, 2.24) is 0 Å². The molecule has 1 aromatic carbocycles. The number of hydrogen-bond donors (Lipinski definition) is 2. The van der Waals surface area contributed by atoms with Gasteiger partial charge in [0.25, 0.3) is 0 Å². The maximum absolute atomic E-state index is 12.3. The Hall–Kier alpha value is -2.38. The molecule has 0 saturated heterocycles. The van der Waals surface area contributed by atoms with Crippen LogP contribution in [-0.2, 0) is 4.79 Å². The van der Waals surface area contributed by atoms with E-state index in [1.807, 2.05) is 6.92 Å². The molecule has 0 aliphatic heterocycles. The number of hydrogen-bond acceptors (Lipinski definition) is 4. The predicted molar refractivity (Wildman–Crippen MR) is 68.5 cm³/mol. The van der Waals surface area contributed by atoms with Crippen LogP contribution in [0.3, 0.4) is 0 Å². The smallest absolute Gasteiger partial charge is 0.451 e. The van der Waals surface area contributed by atoms with E-state index in [9.17, 15) is 18.0 Å².